The lowest BCUT2D eigenvalue weighted by molar-refractivity contribution is 0.0690. The van der Waals surface area contributed by atoms with Crippen LogP contribution in [0.2, 0.25) is 5.02 Å². The first-order valence-corrected chi connectivity index (χ1v) is 6.55. The average Bonchev–Trinajstić information content (AvgIpc) is 2.82. The van der Waals surface area contributed by atoms with Gasteiger partial charge in [-0.15, -0.1) is 5.10 Å². The van der Waals surface area contributed by atoms with Crippen LogP contribution in [0.25, 0.3) is 0 Å². The summed E-state index contributed by atoms with van der Waals surface area (Å²) in [5.74, 6) is -1.09. The first kappa shape index (κ1) is 13.8. The van der Waals surface area contributed by atoms with Gasteiger partial charge in [0.1, 0.15) is 0 Å². The van der Waals surface area contributed by atoms with Crippen molar-refractivity contribution >= 4 is 39.2 Å². The number of aromatic carboxylic acids is 1. The molecule has 2 N–H and O–H groups in total. The minimum absolute atomic E-state index is 0.0658. The molecule has 0 spiro atoms. The maximum atomic E-state index is 10.6. The third-order valence-corrected chi connectivity index (χ3v) is 3.27. The minimum atomic E-state index is -1.09. The molecular weight excluding hydrogens is 336 g/mol. The maximum Gasteiger partial charge on any atom is 0.358 e. The Morgan fingerprint density at radius 2 is 2.32 bits per heavy atom. The summed E-state index contributed by atoms with van der Waals surface area (Å²) < 4.78 is 2.37. The summed E-state index contributed by atoms with van der Waals surface area (Å²) in [6.07, 6.45) is 1.39. The van der Waals surface area contributed by atoms with Crippen LogP contribution in [0, 0.1) is 0 Å². The number of rotatable bonds is 5. The molecule has 0 amide bonds. The van der Waals surface area contributed by atoms with Gasteiger partial charge in [0.05, 0.1) is 12.7 Å². The lowest BCUT2D eigenvalue weighted by Gasteiger charge is -2.08. The summed E-state index contributed by atoms with van der Waals surface area (Å²) in [6.45, 7) is 1.07. The largest absolute Gasteiger partial charge is 0.476 e. The third kappa shape index (κ3) is 3.68. The molecule has 0 bridgehead atoms. The van der Waals surface area contributed by atoms with Crippen molar-refractivity contribution in [2.45, 2.75) is 6.54 Å². The van der Waals surface area contributed by atoms with Gasteiger partial charge < -0.3 is 10.4 Å². The number of nitrogens with one attached hydrogen (secondary N) is 1. The van der Waals surface area contributed by atoms with E-state index in [9.17, 15) is 4.79 Å². The topological polar surface area (TPSA) is 80.0 Å². The van der Waals surface area contributed by atoms with E-state index in [4.69, 9.17) is 16.7 Å². The van der Waals surface area contributed by atoms with Crippen LogP contribution in [0.3, 0.4) is 0 Å². The SMILES string of the molecule is O=C(O)c1cn(CCNc2cc(Cl)ccc2Br)nn1. The molecule has 1 heterocycles. The number of nitrogens with zero attached hydrogens (tertiary/aromatic N) is 3. The first-order valence-electron chi connectivity index (χ1n) is 5.38. The molecule has 1 aromatic carbocycles. The molecule has 1 aromatic heterocycles. The van der Waals surface area contributed by atoms with Crippen LogP contribution in [-0.4, -0.2) is 32.6 Å². The molecule has 6 nitrogen and oxygen atoms in total. The van der Waals surface area contributed by atoms with Crippen molar-refractivity contribution in [1.29, 1.82) is 0 Å². The second-order valence-corrected chi connectivity index (χ2v) is 5.01. The van der Waals surface area contributed by atoms with Crippen LogP contribution >= 0.6 is 27.5 Å². The average molecular weight is 346 g/mol. The van der Waals surface area contributed by atoms with Crippen molar-refractivity contribution in [2.75, 3.05) is 11.9 Å². The summed E-state index contributed by atoms with van der Waals surface area (Å²) in [5, 5.41) is 19.8. The van der Waals surface area contributed by atoms with Crippen molar-refractivity contribution < 1.29 is 9.90 Å². The molecule has 0 fully saturated rings. The summed E-state index contributed by atoms with van der Waals surface area (Å²) in [5.41, 5.74) is 0.801. The van der Waals surface area contributed by atoms with Crippen LogP contribution in [0.4, 0.5) is 5.69 Å². The molecule has 19 heavy (non-hydrogen) atoms. The van der Waals surface area contributed by atoms with Gasteiger partial charge in [0.2, 0.25) is 0 Å². The molecule has 8 heteroatoms. The zero-order valence-corrected chi connectivity index (χ0v) is 12.0. The molecule has 2 aromatic rings. The standard InChI is InChI=1S/C11H10BrClN4O2/c12-8-2-1-7(13)5-9(8)14-3-4-17-6-10(11(18)19)15-16-17/h1-2,5-6,14H,3-4H2,(H,18,19). The van der Waals surface area contributed by atoms with E-state index in [0.29, 0.717) is 18.1 Å². The van der Waals surface area contributed by atoms with E-state index in [1.165, 1.54) is 10.9 Å². The van der Waals surface area contributed by atoms with Gasteiger partial charge in [-0.25, -0.2) is 9.48 Å². The van der Waals surface area contributed by atoms with Crippen molar-refractivity contribution in [2.24, 2.45) is 0 Å². The van der Waals surface area contributed by atoms with Crippen molar-refractivity contribution in [1.82, 2.24) is 15.0 Å². The summed E-state index contributed by atoms with van der Waals surface area (Å²) >= 11 is 9.30. The van der Waals surface area contributed by atoms with Crippen LogP contribution in [-0.2, 0) is 6.54 Å². The second kappa shape index (κ2) is 6.03. The van der Waals surface area contributed by atoms with Crippen molar-refractivity contribution in [3.05, 3.63) is 39.6 Å². The quantitative estimate of drug-likeness (QED) is 0.870. The zero-order chi connectivity index (χ0) is 13.8. The molecule has 0 aliphatic rings. The van der Waals surface area contributed by atoms with Gasteiger partial charge in [0.15, 0.2) is 5.69 Å². The van der Waals surface area contributed by atoms with Gasteiger partial charge in [0.25, 0.3) is 0 Å². The van der Waals surface area contributed by atoms with Crippen LogP contribution < -0.4 is 5.32 Å². The number of hydrogen-bond donors (Lipinski definition) is 2. The first-order chi connectivity index (χ1) is 9.06. The predicted octanol–water partition coefficient (Wildman–Crippen LogP) is 2.50. The van der Waals surface area contributed by atoms with E-state index >= 15 is 0 Å². The van der Waals surface area contributed by atoms with E-state index in [1.54, 1.807) is 12.1 Å². The molecule has 0 unspecified atom stereocenters. The van der Waals surface area contributed by atoms with Crippen LogP contribution in [0.15, 0.2) is 28.9 Å². The Labute approximate surface area is 122 Å². The molecule has 0 radical (unpaired) electrons. The highest BCUT2D eigenvalue weighted by Gasteiger charge is 2.07. The Hall–Kier alpha value is -1.60. The Kier molecular flexibility index (Phi) is 4.39. The van der Waals surface area contributed by atoms with E-state index in [1.807, 2.05) is 6.07 Å². The molecule has 0 aliphatic heterocycles. The number of aromatic nitrogens is 3. The number of hydrogen-bond acceptors (Lipinski definition) is 4. The van der Waals surface area contributed by atoms with Gasteiger partial charge in [-0.05, 0) is 34.1 Å². The van der Waals surface area contributed by atoms with Gasteiger partial charge in [0, 0.05) is 21.7 Å². The summed E-state index contributed by atoms with van der Waals surface area (Å²) in [7, 11) is 0. The Morgan fingerprint density at radius 3 is 3.00 bits per heavy atom. The Balaban J connectivity index is 1.92. The highest BCUT2D eigenvalue weighted by Crippen LogP contribution is 2.25. The monoisotopic (exact) mass is 344 g/mol. The highest BCUT2D eigenvalue weighted by molar-refractivity contribution is 9.10. The van der Waals surface area contributed by atoms with Gasteiger partial charge in [-0.2, -0.15) is 0 Å². The van der Waals surface area contributed by atoms with Gasteiger partial charge in [-0.3, -0.25) is 0 Å². The molecule has 100 valence electrons. The van der Waals surface area contributed by atoms with Gasteiger partial charge >= 0.3 is 5.97 Å². The molecule has 0 saturated carbocycles. The number of carboxylic acids is 1. The summed E-state index contributed by atoms with van der Waals surface area (Å²) in [6, 6.07) is 5.44. The summed E-state index contributed by atoms with van der Waals surface area (Å²) in [4.78, 5) is 10.6. The lowest BCUT2D eigenvalue weighted by Crippen LogP contribution is -2.11. The van der Waals surface area contributed by atoms with Crippen LogP contribution in [0.1, 0.15) is 10.5 Å². The van der Waals surface area contributed by atoms with Crippen LogP contribution in [0.5, 0.6) is 0 Å². The number of anilines is 1. The molecule has 2 rings (SSSR count). The minimum Gasteiger partial charge on any atom is -0.476 e. The number of halogens is 2. The third-order valence-electron chi connectivity index (χ3n) is 2.34. The molecule has 0 saturated heterocycles. The van der Waals surface area contributed by atoms with E-state index < -0.39 is 5.97 Å². The second-order valence-electron chi connectivity index (χ2n) is 3.72. The maximum absolute atomic E-state index is 10.6. The normalized spacial score (nSPS) is 10.4. The van der Waals surface area contributed by atoms with Crippen molar-refractivity contribution in [3.63, 3.8) is 0 Å². The molecular formula is C11H10BrClN4O2. The highest BCUT2D eigenvalue weighted by atomic mass is 79.9. The van der Waals surface area contributed by atoms with E-state index in [2.05, 4.69) is 31.6 Å². The molecule has 0 atom stereocenters. The van der Waals surface area contributed by atoms with Gasteiger partial charge in [-0.1, -0.05) is 16.8 Å². The fourth-order valence-corrected chi connectivity index (χ4v) is 2.00. The lowest BCUT2D eigenvalue weighted by atomic mass is 10.3. The number of benzene rings is 1. The Bertz CT molecular complexity index is 602. The van der Waals surface area contributed by atoms with Crippen molar-refractivity contribution in [3.8, 4) is 0 Å². The predicted molar refractivity (Wildman–Crippen MR) is 74.6 cm³/mol. The smallest absolute Gasteiger partial charge is 0.358 e. The fourth-order valence-electron chi connectivity index (χ4n) is 1.44. The van der Waals surface area contributed by atoms with E-state index in [0.717, 1.165) is 10.2 Å². The number of carboxylic acid groups (broad SMARTS) is 1. The van der Waals surface area contributed by atoms with E-state index in [-0.39, 0.29) is 5.69 Å². The molecule has 0 aliphatic carbocycles. The number of carbonyl (C=O) groups is 1. The Morgan fingerprint density at radius 1 is 1.53 bits per heavy atom. The zero-order valence-electron chi connectivity index (χ0n) is 9.68. The fraction of sp³-hybridized carbons (Fsp3) is 0.182.